The highest BCUT2D eigenvalue weighted by molar-refractivity contribution is 5.68. The second-order valence-electron chi connectivity index (χ2n) is 4.96. The maximum Gasteiger partial charge on any atom is 0.306 e. The second kappa shape index (κ2) is 5.40. The van der Waals surface area contributed by atoms with Crippen molar-refractivity contribution in [3.8, 4) is 5.75 Å². The van der Waals surface area contributed by atoms with Gasteiger partial charge in [-0.2, -0.15) is 0 Å². The van der Waals surface area contributed by atoms with Crippen molar-refractivity contribution in [2.24, 2.45) is 0 Å². The fraction of sp³-hybridized carbons (Fsp3) is 0.500. The molecule has 4 heteroatoms. The fourth-order valence-corrected chi connectivity index (χ4v) is 1.92. The van der Waals surface area contributed by atoms with E-state index >= 15 is 0 Å². The topological polar surface area (TPSA) is 66.8 Å². The molecule has 1 aromatic carbocycles. The first kappa shape index (κ1) is 14.5. The van der Waals surface area contributed by atoms with Gasteiger partial charge < -0.3 is 14.9 Å². The van der Waals surface area contributed by atoms with E-state index in [1.165, 1.54) is 6.92 Å². The molecule has 0 amide bonds. The maximum absolute atomic E-state index is 10.7. The summed E-state index contributed by atoms with van der Waals surface area (Å²) in [5.74, 6) is -0.0395. The molecule has 2 N–H and O–H groups in total. The fourth-order valence-electron chi connectivity index (χ4n) is 1.92. The normalized spacial score (nSPS) is 14.3. The van der Waals surface area contributed by atoms with Crippen molar-refractivity contribution in [1.82, 2.24) is 0 Å². The van der Waals surface area contributed by atoms with Crippen LogP contribution in [0.2, 0.25) is 0 Å². The van der Waals surface area contributed by atoms with Gasteiger partial charge in [0, 0.05) is 0 Å². The quantitative estimate of drug-likeness (QED) is 0.845. The van der Waals surface area contributed by atoms with Gasteiger partial charge in [-0.1, -0.05) is 19.9 Å². The molecule has 0 saturated heterocycles. The minimum absolute atomic E-state index is 0.237. The van der Waals surface area contributed by atoms with Crippen LogP contribution in [0, 0.1) is 0 Å². The Morgan fingerprint density at radius 1 is 1.44 bits per heavy atom. The zero-order chi connectivity index (χ0) is 13.9. The van der Waals surface area contributed by atoms with Gasteiger partial charge in [0.05, 0.1) is 19.1 Å². The number of methoxy groups -OCH3 is 1. The molecule has 0 aliphatic heterocycles. The smallest absolute Gasteiger partial charge is 0.306 e. The van der Waals surface area contributed by atoms with E-state index < -0.39 is 11.6 Å². The van der Waals surface area contributed by atoms with Gasteiger partial charge in [-0.25, -0.2) is 0 Å². The van der Waals surface area contributed by atoms with Crippen LogP contribution in [-0.2, 0) is 10.4 Å². The zero-order valence-electron chi connectivity index (χ0n) is 11.2. The predicted octanol–water partition coefficient (Wildman–Crippen LogP) is 2.50. The Kier molecular flexibility index (Phi) is 4.35. The molecule has 0 fully saturated rings. The molecule has 18 heavy (non-hydrogen) atoms. The first-order valence-electron chi connectivity index (χ1n) is 5.90. The van der Waals surface area contributed by atoms with Gasteiger partial charge in [-0.05, 0) is 36.1 Å². The van der Waals surface area contributed by atoms with Gasteiger partial charge >= 0.3 is 5.97 Å². The third-order valence-electron chi connectivity index (χ3n) is 2.97. The van der Waals surface area contributed by atoms with E-state index in [4.69, 9.17) is 9.84 Å². The van der Waals surface area contributed by atoms with E-state index in [9.17, 15) is 9.90 Å². The van der Waals surface area contributed by atoms with Gasteiger partial charge in [0.25, 0.3) is 0 Å². The minimum atomic E-state index is -1.37. The molecule has 0 aliphatic rings. The van der Waals surface area contributed by atoms with Crippen molar-refractivity contribution in [3.63, 3.8) is 0 Å². The molecule has 0 heterocycles. The molecule has 4 nitrogen and oxygen atoms in total. The van der Waals surface area contributed by atoms with E-state index in [1.807, 2.05) is 19.9 Å². The molecule has 0 aromatic heterocycles. The Morgan fingerprint density at radius 3 is 2.50 bits per heavy atom. The monoisotopic (exact) mass is 252 g/mol. The van der Waals surface area contributed by atoms with Crippen molar-refractivity contribution < 1.29 is 19.7 Å². The lowest BCUT2D eigenvalue weighted by Crippen LogP contribution is -2.25. The Balaban J connectivity index is 3.19. The third kappa shape index (κ3) is 3.23. The first-order valence-corrected chi connectivity index (χ1v) is 5.90. The number of carboxylic acid groups (broad SMARTS) is 1. The van der Waals surface area contributed by atoms with Crippen LogP contribution in [0.4, 0.5) is 0 Å². The standard InChI is InChI=1S/C14H20O4/c1-9(2)11-7-10(5-6-12(11)18-4)14(3,17)8-13(15)16/h5-7,9,17H,8H2,1-4H3,(H,15,16). The van der Waals surface area contributed by atoms with Gasteiger partial charge in [0.15, 0.2) is 0 Å². The van der Waals surface area contributed by atoms with Gasteiger partial charge in [0.1, 0.15) is 5.75 Å². The van der Waals surface area contributed by atoms with Crippen LogP contribution in [0.3, 0.4) is 0 Å². The molecule has 1 aromatic rings. The third-order valence-corrected chi connectivity index (χ3v) is 2.97. The van der Waals surface area contributed by atoms with Gasteiger partial charge in [-0.3, -0.25) is 4.79 Å². The minimum Gasteiger partial charge on any atom is -0.496 e. The van der Waals surface area contributed by atoms with Crippen molar-refractivity contribution in [2.45, 2.75) is 38.7 Å². The van der Waals surface area contributed by atoms with Crippen LogP contribution in [0.15, 0.2) is 18.2 Å². The summed E-state index contributed by atoms with van der Waals surface area (Å²) in [6.07, 6.45) is -0.323. The second-order valence-corrected chi connectivity index (χ2v) is 4.96. The van der Waals surface area contributed by atoms with Crippen LogP contribution in [-0.4, -0.2) is 23.3 Å². The first-order chi connectivity index (χ1) is 8.27. The highest BCUT2D eigenvalue weighted by Crippen LogP contribution is 2.32. The number of benzene rings is 1. The van der Waals surface area contributed by atoms with Crippen molar-refractivity contribution in [2.75, 3.05) is 7.11 Å². The lowest BCUT2D eigenvalue weighted by atomic mass is 9.89. The van der Waals surface area contributed by atoms with Crippen LogP contribution in [0.25, 0.3) is 0 Å². The zero-order valence-corrected chi connectivity index (χ0v) is 11.2. The number of aliphatic hydroxyl groups is 1. The molecule has 0 aliphatic carbocycles. The van der Waals surface area contributed by atoms with Crippen molar-refractivity contribution >= 4 is 5.97 Å². The molecular weight excluding hydrogens is 232 g/mol. The van der Waals surface area contributed by atoms with E-state index in [0.29, 0.717) is 5.56 Å². The van der Waals surface area contributed by atoms with Gasteiger partial charge in [0.2, 0.25) is 0 Å². The van der Waals surface area contributed by atoms with Crippen LogP contribution in [0.5, 0.6) is 5.75 Å². The Hall–Kier alpha value is -1.55. The van der Waals surface area contributed by atoms with E-state index in [2.05, 4.69) is 0 Å². The number of rotatable bonds is 5. The molecule has 1 rings (SSSR count). The number of aliphatic carboxylic acids is 1. The number of hydrogen-bond donors (Lipinski definition) is 2. The van der Waals surface area contributed by atoms with Crippen molar-refractivity contribution in [3.05, 3.63) is 29.3 Å². The van der Waals surface area contributed by atoms with E-state index in [1.54, 1.807) is 19.2 Å². The van der Waals surface area contributed by atoms with Gasteiger partial charge in [-0.15, -0.1) is 0 Å². The number of carbonyl (C=O) groups is 1. The number of ether oxygens (including phenoxy) is 1. The Labute approximate surface area is 107 Å². The summed E-state index contributed by atoms with van der Waals surface area (Å²) in [5, 5.41) is 19.0. The largest absolute Gasteiger partial charge is 0.496 e. The summed E-state index contributed by atoms with van der Waals surface area (Å²) in [6, 6.07) is 5.28. The summed E-state index contributed by atoms with van der Waals surface area (Å²) in [4.78, 5) is 10.7. The SMILES string of the molecule is COc1ccc(C(C)(O)CC(=O)O)cc1C(C)C. The Bertz CT molecular complexity index is 435. The molecule has 1 unspecified atom stereocenters. The Morgan fingerprint density at radius 2 is 2.06 bits per heavy atom. The maximum atomic E-state index is 10.7. The number of hydrogen-bond acceptors (Lipinski definition) is 3. The molecular formula is C14H20O4. The lowest BCUT2D eigenvalue weighted by molar-refractivity contribution is -0.142. The molecule has 0 bridgehead atoms. The highest BCUT2D eigenvalue weighted by atomic mass is 16.5. The molecule has 100 valence electrons. The molecule has 1 atom stereocenters. The van der Waals surface area contributed by atoms with Crippen LogP contribution >= 0.6 is 0 Å². The molecule has 0 spiro atoms. The lowest BCUT2D eigenvalue weighted by Gasteiger charge is -2.24. The number of carboxylic acids is 1. The van der Waals surface area contributed by atoms with Crippen LogP contribution in [0.1, 0.15) is 44.2 Å². The summed E-state index contributed by atoms with van der Waals surface area (Å²) in [6.45, 7) is 5.55. The average molecular weight is 252 g/mol. The van der Waals surface area contributed by atoms with Crippen molar-refractivity contribution in [1.29, 1.82) is 0 Å². The molecule has 0 saturated carbocycles. The van der Waals surface area contributed by atoms with Crippen LogP contribution < -0.4 is 4.74 Å². The highest BCUT2D eigenvalue weighted by Gasteiger charge is 2.27. The summed E-state index contributed by atoms with van der Waals surface area (Å²) in [7, 11) is 1.59. The summed E-state index contributed by atoms with van der Waals surface area (Å²) >= 11 is 0. The summed E-state index contributed by atoms with van der Waals surface area (Å²) < 4.78 is 5.26. The van der Waals surface area contributed by atoms with E-state index in [0.717, 1.165) is 11.3 Å². The predicted molar refractivity (Wildman–Crippen MR) is 68.9 cm³/mol. The molecule has 0 radical (unpaired) electrons. The van der Waals surface area contributed by atoms with E-state index in [-0.39, 0.29) is 12.3 Å². The summed E-state index contributed by atoms with van der Waals surface area (Å²) in [5.41, 5.74) is 0.178. The average Bonchev–Trinajstić information content (AvgIpc) is 2.26.